The number of nitro groups is 3. The third-order valence-corrected chi connectivity index (χ3v) is 3.48. The first-order chi connectivity index (χ1) is 12.1. The molecule has 134 valence electrons. The highest BCUT2D eigenvalue weighted by molar-refractivity contribution is 5.89. The van der Waals surface area contributed by atoms with Crippen LogP contribution in [0.5, 0.6) is 0 Å². The topological polar surface area (TPSA) is 179 Å². The number of nitrogens with zero attached hydrogens (tertiary/aromatic N) is 3. The summed E-state index contributed by atoms with van der Waals surface area (Å²) in [5.41, 5.74) is -3.23. The summed E-state index contributed by atoms with van der Waals surface area (Å²) in [5.74, 6) is -1.19. The summed E-state index contributed by atoms with van der Waals surface area (Å²) in [6, 6.07) is 5.54. The number of benzene rings is 2. The zero-order chi connectivity index (χ0) is 19.6. The number of rotatable bonds is 6. The predicted molar refractivity (Wildman–Crippen MR) is 87.8 cm³/mol. The van der Waals surface area contributed by atoms with Gasteiger partial charge in [-0.15, -0.1) is 0 Å². The standard InChI is InChI=1S/C14H10N4O8/c1-7-10(16(21)22)6-11(17(23)24)12(13(7)18(25)26)15-9-4-2-8(3-5-9)14(19)20/h2-6,15H,1H3,(H,19,20). The lowest BCUT2D eigenvalue weighted by molar-refractivity contribution is -0.402. The van der Waals surface area contributed by atoms with Crippen molar-refractivity contribution >= 4 is 34.4 Å². The van der Waals surface area contributed by atoms with Crippen LogP contribution in [0.25, 0.3) is 0 Å². The second-order valence-electron chi connectivity index (χ2n) is 5.04. The third-order valence-electron chi connectivity index (χ3n) is 3.48. The van der Waals surface area contributed by atoms with E-state index in [9.17, 15) is 35.1 Å². The summed E-state index contributed by atoms with van der Waals surface area (Å²) in [6.07, 6.45) is 0. The molecule has 26 heavy (non-hydrogen) atoms. The fourth-order valence-electron chi connectivity index (χ4n) is 2.27. The molecule has 2 rings (SSSR count). The number of carboxylic acid groups (broad SMARTS) is 1. The van der Waals surface area contributed by atoms with Crippen LogP contribution in [0.3, 0.4) is 0 Å². The quantitative estimate of drug-likeness (QED) is 0.576. The highest BCUT2D eigenvalue weighted by Gasteiger charge is 2.34. The maximum Gasteiger partial charge on any atom is 0.335 e. The number of hydrogen-bond acceptors (Lipinski definition) is 8. The van der Waals surface area contributed by atoms with Crippen LogP contribution in [0, 0.1) is 37.3 Å². The maximum atomic E-state index is 11.4. The number of anilines is 2. The number of carbonyl (C=O) groups is 1. The lowest BCUT2D eigenvalue weighted by Crippen LogP contribution is -2.06. The Morgan fingerprint density at radius 1 is 0.962 bits per heavy atom. The summed E-state index contributed by atoms with van der Waals surface area (Å²) in [5, 5.41) is 45.0. The zero-order valence-corrected chi connectivity index (χ0v) is 13.0. The molecule has 12 heteroatoms. The van der Waals surface area contributed by atoms with Crippen molar-refractivity contribution in [2.75, 3.05) is 5.32 Å². The average Bonchev–Trinajstić information content (AvgIpc) is 2.54. The minimum Gasteiger partial charge on any atom is -0.478 e. The van der Waals surface area contributed by atoms with Crippen LogP contribution in [-0.2, 0) is 0 Å². The number of nitro benzene ring substituents is 3. The number of aromatic carboxylic acids is 1. The Morgan fingerprint density at radius 2 is 1.50 bits per heavy atom. The summed E-state index contributed by atoms with van der Waals surface area (Å²) < 4.78 is 0. The summed E-state index contributed by atoms with van der Waals surface area (Å²) in [6.45, 7) is 1.11. The van der Waals surface area contributed by atoms with Gasteiger partial charge in [-0.25, -0.2) is 4.79 Å². The van der Waals surface area contributed by atoms with Gasteiger partial charge in [-0.2, -0.15) is 0 Å². The Balaban J connectivity index is 2.67. The van der Waals surface area contributed by atoms with Crippen molar-refractivity contribution in [2.24, 2.45) is 0 Å². The van der Waals surface area contributed by atoms with Crippen LogP contribution < -0.4 is 5.32 Å². The van der Waals surface area contributed by atoms with E-state index in [1.807, 2.05) is 0 Å². The second-order valence-corrected chi connectivity index (χ2v) is 5.04. The van der Waals surface area contributed by atoms with Gasteiger partial charge in [0.15, 0.2) is 5.69 Å². The molecular weight excluding hydrogens is 352 g/mol. The lowest BCUT2D eigenvalue weighted by atomic mass is 10.1. The van der Waals surface area contributed by atoms with Crippen LogP contribution >= 0.6 is 0 Å². The van der Waals surface area contributed by atoms with Gasteiger partial charge in [-0.05, 0) is 31.2 Å². The van der Waals surface area contributed by atoms with E-state index in [1.165, 1.54) is 24.3 Å². The van der Waals surface area contributed by atoms with Crippen molar-refractivity contribution in [3.63, 3.8) is 0 Å². The molecule has 12 nitrogen and oxygen atoms in total. The molecule has 0 amide bonds. The van der Waals surface area contributed by atoms with Crippen molar-refractivity contribution < 1.29 is 24.7 Å². The first-order valence-electron chi connectivity index (χ1n) is 6.84. The van der Waals surface area contributed by atoms with Crippen molar-refractivity contribution in [2.45, 2.75) is 6.92 Å². The van der Waals surface area contributed by atoms with E-state index in [4.69, 9.17) is 5.11 Å². The number of hydrogen-bond donors (Lipinski definition) is 2. The molecule has 0 aromatic heterocycles. The van der Waals surface area contributed by atoms with E-state index in [1.54, 1.807) is 0 Å². The summed E-state index contributed by atoms with van der Waals surface area (Å²) in [7, 11) is 0. The molecule has 0 spiro atoms. The molecule has 0 saturated carbocycles. The van der Waals surface area contributed by atoms with Gasteiger partial charge in [0.05, 0.1) is 26.4 Å². The number of carboxylic acids is 1. The van der Waals surface area contributed by atoms with Gasteiger partial charge in [0.1, 0.15) is 5.56 Å². The molecule has 2 aromatic carbocycles. The average molecular weight is 362 g/mol. The molecule has 0 aliphatic heterocycles. The van der Waals surface area contributed by atoms with Crippen molar-refractivity contribution in [3.05, 3.63) is 71.8 Å². The van der Waals surface area contributed by atoms with Gasteiger partial charge in [-0.3, -0.25) is 30.3 Å². The summed E-state index contributed by atoms with van der Waals surface area (Å²) in [4.78, 5) is 41.6. The minimum absolute atomic E-state index is 0.0561. The maximum absolute atomic E-state index is 11.4. The van der Waals surface area contributed by atoms with E-state index in [2.05, 4.69) is 5.32 Å². The molecule has 0 bridgehead atoms. The van der Waals surface area contributed by atoms with Gasteiger partial charge >= 0.3 is 17.3 Å². The largest absolute Gasteiger partial charge is 0.478 e. The van der Waals surface area contributed by atoms with E-state index < -0.39 is 43.5 Å². The first-order valence-corrected chi connectivity index (χ1v) is 6.84. The van der Waals surface area contributed by atoms with Crippen LogP contribution in [0.15, 0.2) is 30.3 Å². The normalized spacial score (nSPS) is 10.2. The Bertz CT molecular complexity index is 939. The molecule has 0 atom stereocenters. The Kier molecular flexibility index (Phi) is 4.77. The molecular formula is C14H10N4O8. The smallest absolute Gasteiger partial charge is 0.335 e. The molecule has 0 heterocycles. The van der Waals surface area contributed by atoms with Crippen molar-refractivity contribution in [3.8, 4) is 0 Å². The molecule has 2 N–H and O–H groups in total. The SMILES string of the molecule is Cc1c([N+](=O)[O-])cc([N+](=O)[O-])c(Nc2ccc(C(=O)O)cc2)c1[N+](=O)[O-]. The van der Waals surface area contributed by atoms with Crippen LogP contribution in [0.4, 0.5) is 28.4 Å². The molecule has 0 unspecified atom stereocenters. The second kappa shape index (κ2) is 6.80. The lowest BCUT2D eigenvalue weighted by Gasteiger charge is -2.10. The van der Waals surface area contributed by atoms with Crippen LogP contribution in [0.2, 0.25) is 0 Å². The highest BCUT2D eigenvalue weighted by atomic mass is 16.6. The molecule has 0 aliphatic carbocycles. The molecule has 0 radical (unpaired) electrons. The highest BCUT2D eigenvalue weighted by Crippen LogP contribution is 2.43. The van der Waals surface area contributed by atoms with E-state index in [0.717, 1.165) is 6.92 Å². The summed E-state index contributed by atoms with van der Waals surface area (Å²) >= 11 is 0. The van der Waals surface area contributed by atoms with Crippen LogP contribution in [0.1, 0.15) is 15.9 Å². The Labute approximate surface area is 144 Å². The third kappa shape index (κ3) is 3.38. The van der Waals surface area contributed by atoms with Gasteiger partial charge in [-0.1, -0.05) is 0 Å². The van der Waals surface area contributed by atoms with Crippen molar-refractivity contribution in [1.29, 1.82) is 0 Å². The van der Waals surface area contributed by atoms with Crippen LogP contribution in [-0.4, -0.2) is 25.8 Å². The molecule has 2 aromatic rings. The fourth-order valence-corrected chi connectivity index (χ4v) is 2.27. The van der Waals surface area contributed by atoms with E-state index >= 15 is 0 Å². The van der Waals surface area contributed by atoms with Gasteiger partial charge < -0.3 is 10.4 Å². The van der Waals surface area contributed by atoms with Gasteiger partial charge in [0.2, 0.25) is 0 Å². The van der Waals surface area contributed by atoms with E-state index in [-0.39, 0.29) is 16.8 Å². The monoisotopic (exact) mass is 362 g/mol. The molecule has 0 fully saturated rings. The predicted octanol–water partition coefficient (Wildman–Crippen LogP) is 3.16. The van der Waals surface area contributed by atoms with E-state index in [0.29, 0.717) is 6.07 Å². The fraction of sp³-hybridized carbons (Fsp3) is 0.0714. The Morgan fingerprint density at radius 3 is 1.92 bits per heavy atom. The van der Waals surface area contributed by atoms with Gasteiger partial charge in [0, 0.05) is 5.69 Å². The van der Waals surface area contributed by atoms with Crippen molar-refractivity contribution in [1.82, 2.24) is 0 Å². The molecule has 0 saturated heterocycles. The first kappa shape index (κ1) is 18.3. The minimum atomic E-state index is -1.19. The number of nitrogens with one attached hydrogen (secondary N) is 1. The van der Waals surface area contributed by atoms with Gasteiger partial charge in [0.25, 0.3) is 5.69 Å². The zero-order valence-electron chi connectivity index (χ0n) is 13.0. The Hall–Kier alpha value is -4.09. The molecule has 0 aliphatic rings.